The van der Waals surface area contributed by atoms with Crippen molar-refractivity contribution >= 4 is 22.3 Å². The summed E-state index contributed by atoms with van der Waals surface area (Å²) >= 11 is 1.56. The molecule has 0 aliphatic rings. The average Bonchev–Trinajstić information content (AvgIpc) is 3.06. The molecule has 1 unspecified atom stereocenters. The van der Waals surface area contributed by atoms with E-state index in [9.17, 15) is 9.50 Å². The number of thiophene rings is 1. The lowest BCUT2D eigenvalue weighted by Gasteiger charge is -2.22. The molecule has 0 spiro atoms. The van der Waals surface area contributed by atoms with E-state index in [-0.39, 0.29) is 5.82 Å². The second kappa shape index (κ2) is 5.60. The van der Waals surface area contributed by atoms with Crippen molar-refractivity contribution in [3.05, 3.63) is 58.2 Å². The van der Waals surface area contributed by atoms with Crippen LogP contribution in [0.1, 0.15) is 18.2 Å². The first-order valence-corrected chi connectivity index (χ1v) is 7.63. The lowest BCUT2D eigenvalue weighted by atomic mass is 9.99. The molecule has 3 nitrogen and oxygen atoms in total. The molecule has 110 valence electrons. The minimum absolute atomic E-state index is 0.275. The highest BCUT2D eigenvalue weighted by molar-refractivity contribution is 7.08. The molecule has 0 saturated heterocycles. The zero-order valence-corrected chi connectivity index (χ0v) is 12.4. The van der Waals surface area contributed by atoms with Gasteiger partial charge in [0.2, 0.25) is 0 Å². The second-order valence-corrected chi connectivity index (χ2v) is 6.06. The molecule has 0 aliphatic carbocycles. The highest BCUT2D eigenvalue weighted by Crippen LogP contribution is 2.23. The first-order valence-electron chi connectivity index (χ1n) is 6.68. The number of nitrogens with one attached hydrogen (secondary N) is 1. The normalized spacial score (nSPS) is 14.4. The standard InChI is InChI=1S/C16H16FNO2S/c1-16(19,12-4-5-21-9-12)10-18-8-14-7-11-6-13(17)2-3-15(11)20-14/h2-7,9,18-19H,8,10H2,1H3. The highest BCUT2D eigenvalue weighted by atomic mass is 32.1. The van der Waals surface area contributed by atoms with Crippen LogP contribution in [-0.2, 0) is 12.1 Å². The summed E-state index contributed by atoms with van der Waals surface area (Å²) in [7, 11) is 0. The van der Waals surface area contributed by atoms with E-state index in [2.05, 4.69) is 5.32 Å². The smallest absolute Gasteiger partial charge is 0.134 e. The van der Waals surface area contributed by atoms with Gasteiger partial charge in [0.15, 0.2) is 0 Å². The van der Waals surface area contributed by atoms with Gasteiger partial charge < -0.3 is 14.8 Å². The van der Waals surface area contributed by atoms with Crippen molar-refractivity contribution in [3.63, 3.8) is 0 Å². The van der Waals surface area contributed by atoms with Crippen molar-refractivity contribution in [1.82, 2.24) is 5.32 Å². The van der Waals surface area contributed by atoms with E-state index in [0.717, 1.165) is 16.7 Å². The molecule has 0 aliphatic heterocycles. The van der Waals surface area contributed by atoms with Crippen LogP contribution in [0.3, 0.4) is 0 Å². The Kier molecular flexibility index (Phi) is 3.80. The summed E-state index contributed by atoms with van der Waals surface area (Å²) in [6, 6.07) is 8.17. The largest absolute Gasteiger partial charge is 0.460 e. The van der Waals surface area contributed by atoms with E-state index >= 15 is 0 Å². The van der Waals surface area contributed by atoms with Gasteiger partial charge in [-0.1, -0.05) is 0 Å². The molecule has 3 aromatic rings. The van der Waals surface area contributed by atoms with E-state index in [0.29, 0.717) is 18.7 Å². The zero-order chi connectivity index (χ0) is 14.9. The van der Waals surface area contributed by atoms with E-state index in [1.165, 1.54) is 12.1 Å². The van der Waals surface area contributed by atoms with E-state index in [1.807, 2.05) is 22.9 Å². The van der Waals surface area contributed by atoms with Crippen molar-refractivity contribution < 1.29 is 13.9 Å². The Labute approximate surface area is 126 Å². The summed E-state index contributed by atoms with van der Waals surface area (Å²) in [4.78, 5) is 0. The third kappa shape index (κ3) is 3.15. The van der Waals surface area contributed by atoms with Gasteiger partial charge >= 0.3 is 0 Å². The number of hydrogen-bond acceptors (Lipinski definition) is 4. The third-order valence-electron chi connectivity index (χ3n) is 3.44. The van der Waals surface area contributed by atoms with Crippen LogP contribution in [0.2, 0.25) is 0 Å². The van der Waals surface area contributed by atoms with Crippen LogP contribution >= 0.6 is 11.3 Å². The van der Waals surface area contributed by atoms with Crippen molar-refractivity contribution in [2.45, 2.75) is 19.1 Å². The number of hydrogen-bond donors (Lipinski definition) is 2. The molecule has 1 atom stereocenters. The molecule has 0 amide bonds. The van der Waals surface area contributed by atoms with Crippen LogP contribution in [0, 0.1) is 5.82 Å². The van der Waals surface area contributed by atoms with Crippen LogP contribution in [0.15, 0.2) is 45.5 Å². The van der Waals surface area contributed by atoms with Gasteiger partial charge in [-0.15, -0.1) is 0 Å². The molecular weight excluding hydrogens is 289 g/mol. The topological polar surface area (TPSA) is 45.4 Å². The molecule has 0 bridgehead atoms. The second-order valence-electron chi connectivity index (χ2n) is 5.28. The van der Waals surface area contributed by atoms with Crippen LogP contribution in [0.4, 0.5) is 4.39 Å². The Morgan fingerprint density at radius 2 is 2.19 bits per heavy atom. The van der Waals surface area contributed by atoms with E-state index in [4.69, 9.17) is 4.42 Å². The summed E-state index contributed by atoms with van der Waals surface area (Å²) in [6.45, 7) is 2.67. The van der Waals surface area contributed by atoms with Gasteiger partial charge in [0.1, 0.15) is 17.2 Å². The number of aliphatic hydroxyl groups is 1. The maximum Gasteiger partial charge on any atom is 0.134 e. The molecule has 5 heteroatoms. The Hall–Kier alpha value is -1.69. The van der Waals surface area contributed by atoms with Crippen LogP contribution < -0.4 is 5.32 Å². The van der Waals surface area contributed by atoms with Gasteiger partial charge in [0.05, 0.1) is 12.1 Å². The zero-order valence-electron chi connectivity index (χ0n) is 11.6. The Morgan fingerprint density at radius 3 is 2.95 bits per heavy atom. The summed E-state index contributed by atoms with van der Waals surface area (Å²) in [6.07, 6.45) is 0. The fraction of sp³-hybridized carbons (Fsp3) is 0.250. The SMILES string of the molecule is CC(O)(CNCc1cc2cc(F)ccc2o1)c1ccsc1. The van der Waals surface area contributed by atoms with E-state index < -0.39 is 5.60 Å². The lowest BCUT2D eigenvalue weighted by Crippen LogP contribution is -2.34. The Balaban J connectivity index is 1.64. The Morgan fingerprint density at radius 1 is 1.33 bits per heavy atom. The summed E-state index contributed by atoms with van der Waals surface area (Å²) < 4.78 is 18.7. The average molecular weight is 305 g/mol. The predicted molar refractivity (Wildman–Crippen MR) is 81.8 cm³/mol. The van der Waals surface area contributed by atoms with E-state index in [1.54, 1.807) is 24.3 Å². The maximum atomic E-state index is 13.1. The molecule has 0 saturated carbocycles. The molecule has 1 aromatic carbocycles. The number of fused-ring (bicyclic) bond motifs is 1. The molecule has 2 aromatic heterocycles. The van der Waals surface area contributed by atoms with Gasteiger partial charge in [0, 0.05) is 11.9 Å². The number of furan rings is 1. The van der Waals surface area contributed by atoms with Crippen molar-refractivity contribution in [2.75, 3.05) is 6.54 Å². The molecule has 0 radical (unpaired) electrons. The summed E-state index contributed by atoms with van der Waals surface area (Å²) in [5, 5.41) is 18.2. The number of rotatable bonds is 5. The summed E-state index contributed by atoms with van der Waals surface area (Å²) in [5.41, 5.74) is 0.641. The van der Waals surface area contributed by atoms with Crippen LogP contribution in [0.5, 0.6) is 0 Å². The van der Waals surface area contributed by atoms with Crippen molar-refractivity contribution in [1.29, 1.82) is 0 Å². The minimum Gasteiger partial charge on any atom is -0.460 e. The van der Waals surface area contributed by atoms with Gasteiger partial charge in [-0.25, -0.2) is 4.39 Å². The van der Waals surface area contributed by atoms with Crippen LogP contribution in [0.25, 0.3) is 11.0 Å². The van der Waals surface area contributed by atoms with Gasteiger partial charge in [-0.05, 0) is 53.6 Å². The summed E-state index contributed by atoms with van der Waals surface area (Å²) in [5.74, 6) is 0.444. The molecule has 21 heavy (non-hydrogen) atoms. The molecule has 3 rings (SSSR count). The van der Waals surface area contributed by atoms with Gasteiger partial charge in [-0.3, -0.25) is 0 Å². The van der Waals surface area contributed by atoms with Gasteiger partial charge in [-0.2, -0.15) is 11.3 Å². The van der Waals surface area contributed by atoms with Crippen molar-refractivity contribution in [2.24, 2.45) is 0 Å². The van der Waals surface area contributed by atoms with Crippen molar-refractivity contribution in [3.8, 4) is 0 Å². The number of benzene rings is 1. The third-order valence-corrected chi connectivity index (χ3v) is 4.12. The Bertz CT molecular complexity index is 734. The molecule has 2 N–H and O–H groups in total. The fourth-order valence-electron chi connectivity index (χ4n) is 2.26. The predicted octanol–water partition coefficient (Wildman–Crippen LogP) is 3.63. The quantitative estimate of drug-likeness (QED) is 0.756. The number of halogens is 1. The lowest BCUT2D eigenvalue weighted by molar-refractivity contribution is 0.0567. The fourth-order valence-corrected chi connectivity index (χ4v) is 3.04. The minimum atomic E-state index is -0.919. The molecule has 0 fully saturated rings. The highest BCUT2D eigenvalue weighted by Gasteiger charge is 2.22. The molecule has 2 heterocycles. The van der Waals surface area contributed by atoms with Gasteiger partial charge in [0.25, 0.3) is 0 Å². The monoisotopic (exact) mass is 305 g/mol. The molecular formula is C16H16FNO2S. The first-order chi connectivity index (χ1) is 10.0. The maximum absolute atomic E-state index is 13.1. The first kappa shape index (κ1) is 14.3. The van der Waals surface area contributed by atoms with Crippen LogP contribution in [-0.4, -0.2) is 11.7 Å².